The summed E-state index contributed by atoms with van der Waals surface area (Å²) in [5, 5.41) is 14.3. The van der Waals surface area contributed by atoms with Crippen molar-refractivity contribution in [3.63, 3.8) is 0 Å². The summed E-state index contributed by atoms with van der Waals surface area (Å²) in [7, 11) is 2.72. The van der Waals surface area contributed by atoms with Crippen LogP contribution in [0.3, 0.4) is 0 Å². The van der Waals surface area contributed by atoms with E-state index < -0.39 is 16.9 Å². The van der Waals surface area contributed by atoms with Crippen LogP contribution in [0.25, 0.3) is 0 Å². The third-order valence-corrected chi connectivity index (χ3v) is 9.00. The van der Waals surface area contributed by atoms with Gasteiger partial charge in [0, 0.05) is 24.1 Å². The molecule has 1 unspecified atom stereocenters. The summed E-state index contributed by atoms with van der Waals surface area (Å²) in [6.45, 7) is 4.55. The average Bonchev–Trinajstić information content (AvgIpc) is 3.10. The topological polar surface area (TPSA) is 118 Å². The van der Waals surface area contributed by atoms with Gasteiger partial charge >= 0.3 is 12.0 Å². The number of piperidine rings is 1. The molecule has 2 heterocycles. The zero-order valence-electron chi connectivity index (χ0n) is 26.4. The van der Waals surface area contributed by atoms with Crippen LogP contribution in [0.15, 0.2) is 101 Å². The van der Waals surface area contributed by atoms with Gasteiger partial charge in [-0.05, 0) is 74.6 Å². The van der Waals surface area contributed by atoms with Crippen molar-refractivity contribution in [2.45, 2.75) is 37.6 Å². The van der Waals surface area contributed by atoms with Gasteiger partial charge in [0.05, 0.1) is 30.4 Å². The Bertz CT molecular complexity index is 1540. The monoisotopic (exact) mass is 625 g/mol. The number of rotatable bonds is 11. The van der Waals surface area contributed by atoms with Crippen molar-refractivity contribution >= 4 is 24.1 Å². The molecule has 1 saturated heterocycles. The maximum atomic E-state index is 13.0. The zero-order valence-corrected chi connectivity index (χ0v) is 26.4. The molecule has 11 heteroatoms. The van der Waals surface area contributed by atoms with Gasteiger partial charge in [-0.3, -0.25) is 19.9 Å². The van der Waals surface area contributed by atoms with Crippen LogP contribution < -0.4 is 0 Å². The van der Waals surface area contributed by atoms with Crippen molar-refractivity contribution in [3.05, 3.63) is 123 Å². The van der Waals surface area contributed by atoms with E-state index in [1.54, 1.807) is 19.1 Å². The quantitative estimate of drug-likeness (QED) is 0.123. The van der Waals surface area contributed by atoms with Crippen molar-refractivity contribution < 1.29 is 24.0 Å². The number of nitrogens with zero attached hydrogens (tertiary/aromatic N) is 5. The largest absolute Gasteiger partial charge is 0.467 e. The Morgan fingerprint density at radius 2 is 1.59 bits per heavy atom. The lowest BCUT2D eigenvalue weighted by molar-refractivity contribution is -0.384. The fraction of sp³-hybridized carbons (Fsp3) is 0.343. The molecule has 0 bridgehead atoms. The number of hydrogen-bond acceptors (Lipinski definition) is 9. The smallest absolute Gasteiger partial charge is 0.338 e. The zero-order chi connectivity index (χ0) is 32.7. The normalized spacial score (nSPS) is 18.0. The summed E-state index contributed by atoms with van der Waals surface area (Å²) in [6.07, 6.45) is 3.28. The minimum absolute atomic E-state index is 0.0576. The van der Waals surface area contributed by atoms with Gasteiger partial charge in [0.15, 0.2) is 0 Å². The number of aliphatic imine (C=N–C) groups is 1. The first-order valence-corrected chi connectivity index (χ1v) is 15.3. The minimum atomic E-state index is -0.863. The van der Waals surface area contributed by atoms with Crippen LogP contribution in [0.5, 0.6) is 0 Å². The summed E-state index contributed by atoms with van der Waals surface area (Å²) in [4.78, 5) is 43.4. The molecule has 0 radical (unpaired) electrons. The summed E-state index contributed by atoms with van der Waals surface area (Å²) < 4.78 is 10.7. The van der Waals surface area contributed by atoms with Crippen LogP contribution in [0.1, 0.15) is 48.9 Å². The van der Waals surface area contributed by atoms with E-state index in [2.05, 4.69) is 70.6 Å². The Balaban J connectivity index is 1.33. The second-order valence-corrected chi connectivity index (χ2v) is 11.5. The number of methoxy groups -OCH3 is 2. The van der Waals surface area contributed by atoms with Crippen LogP contribution in [-0.4, -0.2) is 78.6 Å². The first kappa shape index (κ1) is 32.4. The minimum Gasteiger partial charge on any atom is -0.467 e. The summed E-state index contributed by atoms with van der Waals surface area (Å²) in [6, 6.07) is 26.5. The third kappa shape index (κ3) is 6.50. The Morgan fingerprint density at radius 3 is 2.09 bits per heavy atom. The van der Waals surface area contributed by atoms with E-state index in [9.17, 15) is 19.7 Å². The molecular formula is C35H39N5O6. The fourth-order valence-electron chi connectivity index (χ4n) is 6.62. The number of amides is 1. The van der Waals surface area contributed by atoms with E-state index in [-0.39, 0.29) is 22.7 Å². The Hall–Kier alpha value is -5.03. The molecule has 1 fully saturated rings. The van der Waals surface area contributed by atoms with Crippen molar-refractivity contribution in [1.82, 2.24) is 14.9 Å². The molecule has 0 saturated carbocycles. The van der Waals surface area contributed by atoms with Gasteiger partial charge in [-0.15, -0.1) is 0 Å². The summed E-state index contributed by atoms with van der Waals surface area (Å²) in [5.41, 5.74) is 3.61. The van der Waals surface area contributed by atoms with Crippen LogP contribution in [-0.2, 0) is 24.5 Å². The summed E-state index contributed by atoms with van der Waals surface area (Å²) >= 11 is 0. The molecule has 3 aromatic carbocycles. The summed E-state index contributed by atoms with van der Waals surface area (Å²) in [5.74, 6) is -0.621. The second kappa shape index (κ2) is 14.4. The van der Waals surface area contributed by atoms with Gasteiger partial charge in [0.2, 0.25) is 6.41 Å². The highest BCUT2D eigenvalue weighted by Gasteiger charge is 2.41. The van der Waals surface area contributed by atoms with Gasteiger partial charge in [-0.2, -0.15) is 0 Å². The maximum Gasteiger partial charge on any atom is 0.338 e. The molecule has 5 rings (SSSR count). The fourth-order valence-corrected chi connectivity index (χ4v) is 6.62. The van der Waals surface area contributed by atoms with Crippen molar-refractivity contribution in [3.8, 4) is 0 Å². The predicted octanol–water partition coefficient (Wildman–Crippen LogP) is 5.25. The molecule has 2 aliphatic rings. The Labute approximate surface area is 268 Å². The third-order valence-electron chi connectivity index (χ3n) is 9.00. The molecule has 11 nitrogen and oxygen atoms in total. The first-order valence-electron chi connectivity index (χ1n) is 15.3. The molecule has 1 atom stereocenters. The van der Waals surface area contributed by atoms with Crippen molar-refractivity contribution in [1.29, 1.82) is 0 Å². The number of hydrogen-bond donors (Lipinski definition) is 0. The van der Waals surface area contributed by atoms with E-state index in [0.29, 0.717) is 30.6 Å². The lowest BCUT2D eigenvalue weighted by Gasteiger charge is -2.44. The Morgan fingerprint density at radius 1 is 1.00 bits per heavy atom. The second-order valence-electron chi connectivity index (χ2n) is 11.5. The van der Waals surface area contributed by atoms with Crippen LogP contribution in [0, 0.1) is 10.1 Å². The van der Waals surface area contributed by atoms with Gasteiger partial charge in [-0.1, -0.05) is 60.7 Å². The number of ether oxygens (including phenoxy) is 2. The van der Waals surface area contributed by atoms with Crippen LogP contribution in [0.4, 0.5) is 5.69 Å². The molecule has 0 spiro atoms. The molecule has 0 aromatic heterocycles. The molecule has 46 heavy (non-hydrogen) atoms. The molecular weight excluding hydrogens is 586 g/mol. The van der Waals surface area contributed by atoms with E-state index in [1.165, 1.54) is 47.5 Å². The molecule has 1 amide bonds. The number of allylic oxidation sites excluding steroid dienone is 1. The number of carbonyl (C=O) groups excluding carboxylic acids is 2. The van der Waals surface area contributed by atoms with E-state index in [4.69, 9.17) is 9.47 Å². The average molecular weight is 626 g/mol. The number of hydrazine groups is 1. The van der Waals surface area contributed by atoms with Gasteiger partial charge < -0.3 is 14.4 Å². The SMILES string of the molecule is COC(=O)C1=C(C)N=C(OC)N(N(C=O)CCCN2CCC(c3ccccc3)(c3ccccc3)CC2)C1c1ccc([N+](=O)[O-])cc1. The van der Waals surface area contributed by atoms with E-state index in [1.807, 2.05) is 0 Å². The number of nitro benzene ring substituents is 1. The first-order chi connectivity index (χ1) is 22.3. The Kier molecular flexibility index (Phi) is 10.1. The number of likely N-dealkylation sites (tertiary alicyclic amines) is 1. The molecule has 3 aromatic rings. The van der Waals surface area contributed by atoms with Gasteiger partial charge in [0.25, 0.3) is 5.69 Å². The number of amidine groups is 1. The molecule has 2 aliphatic heterocycles. The molecule has 0 aliphatic carbocycles. The predicted molar refractivity (Wildman–Crippen MR) is 174 cm³/mol. The van der Waals surface area contributed by atoms with Crippen molar-refractivity contribution in [2.24, 2.45) is 4.99 Å². The standard InChI is InChI=1S/C35H39N5O6/c1-26-31(33(42)45-2)32(27-15-17-30(18-16-27)40(43)44)39(34(36-26)46-3)38(25-41)22-10-21-37-23-19-35(20-24-37,28-11-6-4-7-12-28)29-13-8-5-9-14-29/h4-9,11-18,25,32H,10,19-24H2,1-3H3. The lowest BCUT2D eigenvalue weighted by Crippen LogP contribution is -2.52. The lowest BCUT2D eigenvalue weighted by atomic mass is 9.68. The van der Waals surface area contributed by atoms with Crippen molar-refractivity contribution in [2.75, 3.05) is 40.4 Å². The maximum absolute atomic E-state index is 13.0. The number of esters is 1. The van der Waals surface area contributed by atoms with E-state index in [0.717, 1.165) is 32.5 Å². The molecule has 240 valence electrons. The van der Waals surface area contributed by atoms with E-state index >= 15 is 0 Å². The number of carbonyl (C=O) groups is 2. The highest BCUT2D eigenvalue weighted by Crippen LogP contribution is 2.42. The highest BCUT2D eigenvalue weighted by molar-refractivity contribution is 5.94. The number of non-ortho nitro benzene ring substituents is 1. The highest BCUT2D eigenvalue weighted by atomic mass is 16.6. The number of benzene rings is 3. The van der Waals surface area contributed by atoms with Gasteiger partial charge in [0.1, 0.15) is 6.04 Å². The van der Waals surface area contributed by atoms with Crippen LogP contribution >= 0.6 is 0 Å². The molecule has 0 N–H and O–H groups in total. The van der Waals surface area contributed by atoms with Gasteiger partial charge in [-0.25, -0.2) is 14.8 Å². The van der Waals surface area contributed by atoms with Crippen LogP contribution in [0.2, 0.25) is 0 Å². The number of nitro groups is 1.